The number of piperidine rings is 1. The lowest BCUT2D eigenvalue weighted by Crippen LogP contribution is -2.54. The van der Waals surface area contributed by atoms with Gasteiger partial charge in [0.1, 0.15) is 23.7 Å². The zero-order chi connectivity index (χ0) is 41.1. The van der Waals surface area contributed by atoms with Crippen LogP contribution < -0.4 is 10.6 Å². The third kappa shape index (κ3) is 8.32. The molecule has 4 heterocycles. The van der Waals surface area contributed by atoms with Crippen molar-refractivity contribution in [2.45, 2.75) is 103 Å². The van der Waals surface area contributed by atoms with Crippen LogP contribution in [0.4, 0.5) is 9.59 Å². The molecular weight excluding hydrogens is 737 g/mol. The summed E-state index contributed by atoms with van der Waals surface area (Å²) < 4.78 is 9.63. The monoisotopic (exact) mass is 792 g/mol. The highest BCUT2D eigenvalue weighted by Gasteiger charge is 2.51. The maximum absolute atomic E-state index is 13.9. The lowest BCUT2D eigenvalue weighted by Gasteiger charge is -2.37. The van der Waals surface area contributed by atoms with E-state index in [0.717, 1.165) is 90.2 Å². The predicted octanol–water partition coefficient (Wildman–Crippen LogP) is 7.39. The number of alkyl carbamates (subject to hydrolysis) is 2. The van der Waals surface area contributed by atoms with Crippen LogP contribution in [0.2, 0.25) is 0 Å². The molecule has 1 saturated carbocycles. The number of amides is 4. The van der Waals surface area contributed by atoms with E-state index in [2.05, 4.69) is 69.1 Å². The van der Waals surface area contributed by atoms with Gasteiger partial charge in [-0.3, -0.25) is 9.59 Å². The van der Waals surface area contributed by atoms with Gasteiger partial charge in [-0.05, 0) is 61.0 Å². The van der Waals surface area contributed by atoms with Gasteiger partial charge in [0.2, 0.25) is 11.8 Å². The first kappa shape index (κ1) is 40.5. The van der Waals surface area contributed by atoms with E-state index < -0.39 is 24.3 Å². The predicted molar refractivity (Wildman–Crippen MR) is 219 cm³/mol. The minimum Gasteiger partial charge on any atom is -0.453 e. The molecule has 0 radical (unpaired) electrons. The molecule has 4 amide bonds. The Kier molecular flexibility index (Phi) is 12.2. The molecule has 4 unspecified atom stereocenters. The highest BCUT2D eigenvalue weighted by Crippen LogP contribution is 2.50. The third-order valence-electron chi connectivity index (χ3n) is 12.1. The van der Waals surface area contributed by atoms with Crippen molar-refractivity contribution in [3.05, 3.63) is 72.6 Å². The molecule has 0 spiro atoms. The Balaban J connectivity index is 1.03. The molecule has 308 valence electrons. The number of fused-ring (bicyclic) bond motifs is 2. The number of aromatic nitrogens is 4. The lowest BCUT2D eigenvalue weighted by molar-refractivity contribution is -0.139. The van der Waals surface area contributed by atoms with E-state index in [0.29, 0.717) is 12.5 Å². The van der Waals surface area contributed by atoms with Crippen molar-refractivity contribution in [1.29, 1.82) is 0 Å². The van der Waals surface area contributed by atoms with E-state index in [-0.39, 0.29) is 41.8 Å². The summed E-state index contributed by atoms with van der Waals surface area (Å²) in [6.45, 7) is 8.28. The summed E-state index contributed by atoms with van der Waals surface area (Å²) in [6, 6.07) is 14.9. The Bertz CT molecular complexity index is 2070. The number of nitrogens with one attached hydrogen (secondary N) is 4. The molecule has 4 N–H and O–H groups in total. The van der Waals surface area contributed by atoms with E-state index in [1.807, 2.05) is 49.9 Å². The molecule has 14 heteroatoms. The van der Waals surface area contributed by atoms with Gasteiger partial charge in [0.25, 0.3) is 0 Å². The van der Waals surface area contributed by atoms with E-state index in [1.165, 1.54) is 14.2 Å². The van der Waals surface area contributed by atoms with E-state index in [9.17, 15) is 19.2 Å². The smallest absolute Gasteiger partial charge is 0.407 e. The van der Waals surface area contributed by atoms with Gasteiger partial charge >= 0.3 is 12.2 Å². The summed E-state index contributed by atoms with van der Waals surface area (Å²) in [5, 5.41) is 5.49. The number of benzene rings is 2. The molecule has 6 atom stereocenters. The maximum Gasteiger partial charge on any atom is 0.407 e. The second-order valence-electron chi connectivity index (χ2n) is 16.5. The Hall–Kier alpha value is -5.66. The van der Waals surface area contributed by atoms with Crippen molar-refractivity contribution in [3.8, 4) is 33.6 Å². The molecule has 1 aliphatic carbocycles. The second-order valence-corrected chi connectivity index (χ2v) is 16.5. The fraction of sp³-hybridized carbons (Fsp3) is 0.500. The van der Waals surface area contributed by atoms with Gasteiger partial charge in [-0.25, -0.2) is 19.6 Å². The second kappa shape index (κ2) is 17.5. The number of methoxy groups -OCH3 is 2. The number of imidazole rings is 2. The third-order valence-corrected chi connectivity index (χ3v) is 12.1. The lowest BCUT2D eigenvalue weighted by atomic mass is 9.95. The fourth-order valence-corrected chi connectivity index (χ4v) is 9.01. The van der Waals surface area contributed by atoms with E-state index in [1.54, 1.807) is 0 Å². The molecule has 3 fully saturated rings. The van der Waals surface area contributed by atoms with Crippen LogP contribution in [0.3, 0.4) is 0 Å². The summed E-state index contributed by atoms with van der Waals surface area (Å²) in [6.07, 6.45) is 9.17. The molecule has 58 heavy (non-hydrogen) atoms. The van der Waals surface area contributed by atoms with Crippen LogP contribution in [0, 0.1) is 17.8 Å². The fourth-order valence-electron chi connectivity index (χ4n) is 9.01. The number of H-pyrrole nitrogens is 2. The van der Waals surface area contributed by atoms with Crippen LogP contribution in [0.1, 0.15) is 96.4 Å². The molecule has 2 aliphatic heterocycles. The van der Waals surface area contributed by atoms with Crippen molar-refractivity contribution < 1.29 is 28.7 Å². The number of rotatable bonds is 11. The maximum atomic E-state index is 13.9. The number of carbonyl (C=O) groups is 4. The summed E-state index contributed by atoms with van der Waals surface area (Å²) in [5.41, 5.74) is 5.65. The average molecular weight is 793 g/mol. The van der Waals surface area contributed by atoms with Gasteiger partial charge in [-0.1, -0.05) is 89.1 Å². The largest absolute Gasteiger partial charge is 0.453 e. The van der Waals surface area contributed by atoms with Crippen LogP contribution in [0.5, 0.6) is 0 Å². The Morgan fingerprint density at radius 1 is 0.672 bits per heavy atom. The minimum atomic E-state index is -0.696. The first-order chi connectivity index (χ1) is 28.0. The van der Waals surface area contributed by atoms with Crippen molar-refractivity contribution in [2.75, 3.05) is 20.8 Å². The number of nitrogens with zero attached hydrogens (tertiary/aromatic N) is 4. The zero-order valence-corrected chi connectivity index (χ0v) is 34.3. The van der Waals surface area contributed by atoms with Crippen LogP contribution >= 0.6 is 0 Å². The number of aromatic amines is 2. The summed E-state index contributed by atoms with van der Waals surface area (Å²) in [7, 11) is 2.61. The van der Waals surface area contributed by atoms with Gasteiger partial charge < -0.3 is 39.9 Å². The number of hydrogen-bond acceptors (Lipinski definition) is 8. The molecule has 2 aromatic carbocycles. The summed E-state index contributed by atoms with van der Waals surface area (Å²) >= 11 is 0. The Morgan fingerprint density at radius 3 is 1.74 bits per heavy atom. The number of carbonyl (C=O) groups excluding carboxylic acids is 4. The van der Waals surface area contributed by atoms with Crippen molar-refractivity contribution in [1.82, 2.24) is 40.4 Å². The number of hydrogen-bond donors (Lipinski definition) is 4. The Morgan fingerprint density at radius 2 is 1.19 bits per heavy atom. The first-order valence-corrected chi connectivity index (χ1v) is 20.6. The van der Waals surface area contributed by atoms with Crippen molar-refractivity contribution in [2.24, 2.45) is 17.8 Å². The molecule has 2 bridgehead atoms. The van der Waals surface area contributed by atoms with E-state index >= 15 is 0 Å². The number of ether oxygens (including phenoxy) is 2. The molecule has 14 nitrogen and oxygen atoms in total. The normalized spacial score (nSPS) is 21.4. The molecule has 3 aliphatic rings. The zero-order valence-electron chi connectivity index (χ0n) is 34.3. The van der Waals surface area contributed by atoms with Crippen molar-refractivity contribution >= 4 is 24.0 Å². The molecule has 4 aromatic rings. The SMILES string of the molecule is COC(=O)N[C@H](C(=O)N1CCCCCC1c1nc(-c2ccc(-c3ccc(-c4c[nH]c(C5C6CCC(C6)N5C(=O)[C@@H](NC(=O)OC)C(C)C)n4)cc3)cc2)c[nH]1)C(C)C. The summed E-state index contributed by atoms with van der Waals surface area (Å²) in [4.78, 5) is 72.5. The van der Waals surface area contributed by atoms with Crippen LogP contribution in [-0.4, -0.2) is 92.6 Å². The number of likely N-dealkylation sites (tertiary alicyclic amines) is 2. The Labute approximate surface area is 339 Å². The molecule has 2 saturated heterocycles. The topological polar surface area (TPSA) is 175 Å². The molecule has 7 rings (SSSR count). The van der Waals surface area contributed by atoms with Crippen molar-refractivity contribution in [3.63, 3.8) is 0 Å². The van der Waals surface area contributed by atoms with Crippen LogP contribution in [0.15, 0.2) is 60.9 Å². The van der Waals surface area contributed by atoms with Crippen LogP contribution in [0.25, 0.3) is 33.6 Å². The highest BCUT2D eigenvalue weighted by molar-refractivity contribution is 5.87. The minimum absolute atomic E-state index is 0.0944. The van der Waals surface area contributed by atoms with Gasteiger partial charge in [0, 0.05) is 36.1 Å². The highest BCUT2D eigenvalue weighted by atomic mass is 16.5. The van der Waals surface area contributed by atoms with E-state index in [4.69, 9.17) is 19.4 Å². The van der Waals surface area contributed by atoms with Gasteiger partial charge in [-0.2, -0.15) is 0 Å². The van der Waals surface area contributed by atoms with Crippen LogP contribution in [-0.2, 0) is 19.1 Å². The van der Waals surface area contributed by atoms with Gasteiger partial charge in [-0.15, -0.1) is 0 Å². The van der Waals surface area contributed by atoms with Gasteiger partial charge in [0.05, 0.1) is 37.7 Å². The van der Waals surface area contributed by atoms with Gasteiger partial charge in [0.15, 0.2) is 0 Å². The standard InChI is InChI=1S/C44H56N8O6/c1-25(2)36(49-43(55)57-5)41(53)51-21-9-7-8-10-35(51)39-45-23-33(47-39)29-15-11-27(12-16-29)28-13-17-30(18-14-28)34-24-46-40(48-34)38-31-19-20-32(22-31)52(38)42(54)37(26(3)4)50-44(56)58-6/h11-18,23-26,31-32,35-38H,7-10,19-22H2,1-6H3,(H,45,47)(H,46,48)(H,49,55)(H,50,56)/t31?,32?,35?,36-,37-,38?/m0/s1. The first-order valence-electron chi connectivity index (χ1n) is 20.6. The molecular formula is C44H56N8O6. The molecule has 2 aromatic heterocycles. The average Bonchev–Trinajstić information content (AvgIpc) is 4.05. The summed E-state index contributed by atoms with van der Waals surface area (Å²) in [5.74, 6) is 1.39. The quantitative estimate of drug-likeness (QED) is 0.122.